The SMILES string of the molecule is C=C(Nc1ccccc1NC(=O)c1ccc(CN(CCCCN(C)C)C(=C)Nc2ccc(N(C)C)cc2)cn1)OC(C)(C)C. The van der Waals surface area contributed by atoms with Crippen LogP contribution >= 0.6 is 0 Å². The molecule has 0 saturated heterocycles. The molecule has 0 aliphatic rings. The molecule has 1 aromatic heterocycles. The van der Waals surface area contributed by atoms with Gasteiger partial charge in [0.05, 0.1) is 17.2 Å². The van der Waals surface area contributed by atoms with Gasteiger partial charge in [0, 0.05) is 44.8 Å². The van der Waals surface area contributed by atoms with Crippen LogP contribution in [0.5, 0.6) is 0 Å². The topological polar surface area (TPSA) is 85.0 Å². The summed E-state index contributed by atoms with van der Waals surface area (Å²) in [6.45, 7) is 16.6. The van der Waals surface area contributed by atoms with Crippen LogP contribution in [0.3, 0.4) is 0 Å². The standard InChI is InChI=1S/C35H49N7O2/c1-26(37-29-17-19-30(20-18-29)41(8)9)42(23-13-12-22-40(6)7)25-28-16-21-33(36-24-28)34(43)39-32-15-11-10-14-31(32)38-27(2)44-35(3,4)5/h10-11,14-21,24,37-38H,1-2,12-13,22-23,25H2,3-9H3,(H,39,43). The van der Waals surface area contributed by atoms with Crippen LogP contribution in [-0.2, 0) is 11.3 Å². The Morgan fingerprint density at radius 2 is 1.48 bits per heavy atom. The molecule has 0 aliphatic heterocycles. The molecule has 0 bridgehead atoms. The van der Waals surface area contributed by atoms with Crippen LogP contribution in [0, 0.1) is 0 Å². The minimum atomic E-state index is -0.393. The Labute approximate surface area is 263 Å². The quantitative estimate of drug-likeness (QED) is 0.122. The third kappa shape index (κ3) is 11.3. The molecule has 1 heterocycles. The molecule has 0 spiro atoms. The third-order valence-electron chi connectivity index (χ3n) is 6.65. The second-order valence-corrected chi connectivity index (χ2v) is 12.3. The predicted molar refractivity (Wildman–Crippen MR) is 184 cm³/mol. The summed E-state index contributed by atoms with van der Waals surface area (Å²) < 4.78 is 5.79. The van der Waals surface area contributed by atoms with E-state index in [-0.39, 0.29) is 5.91 Å². The summed E-state index contributed by atoms with van der Waals surface area (Å²) in [4.78, 5) is 24.1. The first-order valence-corrected chi connectivity index (χ1v) is 14.9. The van der Waals surface area contributed by atoms with Gasteiger partial charge in [-0.2, -0.15) is 0 Å². The normalized spacial score (nSPS) is 11.1. The highest BCUT2D eigenvalue weighted by molar-refractivity contribution is 6.04. The molecule has 1 amide bonds. The van der Waals surface area contributed by atoms with Crippen LogP contribution in [0.4, 0.5) is 22.7 Å². The predicted octanol–water partition coefficient (Wildman–Crippen LogP) is 6.83. The van der Waals surface area contributed by atoms with Gasteiger partial charge in [0.25, 0.3) is 5.91 Å². The average Bonchev–Trinajstić information content (AvgIpc) is 2.95. The highest BCUT2D eigenvalue weighted by atomic mass is 16.5. The molecule has 0 aliphatic carbocycles. The first-order chi connectivity index (χ1) is 20.8. The van der Waals surface area contributed by atoms with Crippen molar-refractivity contribution in [2.45, 2.75) is 45.8 Å². The van der Waals surface area contributed by atoms with Crippen LogP contribution < -0.4 is 20.9 Å². The molecule has 0 atom stereocenters. The zero-order chi connectivity index (χ0) is 32.3. The smallest absolute Gasteiger partial charge is 0.274 e. The molecule has 3 rings (SSSR count). The molecule has 44 heavy (non-hydrogen) atoms. The van der Waals surface area contributed by atoms with Gasteiger partial charge in [-0.1, -0.05) is 24.8 Å². The lowest BCUT2D eigenvalue weighted by Gasteiger charge is -2.28. The fraction of sp³-hybridized carbons (Fsp3) is 0.371. The maximum atomic E-state index is 13.1. The Bertz CT molecular complexity index is 1380. The number of hydrogen-bond donors (Lipinski definition) is 3. The molecule has 236 valence electrons. The number of carbonyl (C=O) groups is 1. The molecule has 0 unspecified atom stereocenters. The van der Waals surface area contributed by atoms with E-state index >= 15 is 0 Å². The fourth-order valence-corrected chi connectivity index (χ4v) is 4.43. The Kier molecular flexibility index (Phi) is 12.2. The molecular weight excluding hydrogens is 550 g/mol. The van der Waals surface area contributed by atoms with Crippen LogP contribution in [0.1, 0.15) is 49.7 Å². The Balaban J connectivity index is 1.67. The number of benzene rings is 2. The van der Waals surface area contributed by atoms with Crippen molar-refractivity contribution in [3.8, 4) is 0 Å². The van der Waals surface area contributed by atoms with E-state index in [1.54, 1.807) is 12.3 Å². The van der Waals surface area contributed by atoms with Crippen molar-refractivity contribution in [2.75, 3.05) is 62.1 Å². The summed E-state index contributed by atoms with van der Waals surface area (Å²) in [6, 6.07) is 19.4. The largest absolute Gasteiger partial charge is 0.474 e. The zero-order valence-electron chi connectivity index (χ0n) is 27.4. The van der Waals surface area contributed by atoms with Crippen LogP contribution in [-0.4, -0.2) is 67.6 Å². The van der Waals surface area contributed by atoms with Gasteiger partial charge in [-0.05, 0) is 109 Å². The fourth-order valence-electron chi connectivity index (χ4n) is 4.43. The van der Waals surface area contributed by atoms with Crippen molar-refractivity contribution < 1.29 is 9.53 Å². The summed E-state index contributed by atoms with van der Waals surface area (Å²) in [5.74, 6) is 0.908. The number of pyridine rings is 1. The van der Waals surface area contributed by atoms with Gasteiger partial charge in [0.1, 0.15) is 11.3 Å². The number of rotatable bonds is 16. The monoisotopic (exact) mass is 599 g/mol. The summed E-state index contributed by atoms with van der Waals surface area (Å²) in [7, 11) is 8.23. The number of ether oxygens (including phenoxy) is 1. The Hall–Kier alpha value is -4.50. The van der Waals surface area contributed by atoms with Crippen molar-refractivity contribution in [3.63, 3.8) is 0 Å². The maximum Gasteiger partial charge on any atom is 0.274 e. The van der Waals surface area contributed by atoms with Crippen LogP contribution in [0.15, 0.2) is 91.7 Å². The number of hydrogen-bond acceptors (Lipinski definition) is 8. The number of para-hydroxylation sites is 2. The molecule has 0 fully saturated rings. The molecule has 3 aromatic rings. The van der Waals surface area contributed by atoms with Gasteiger partial charge in [-0.25, -0.2) is 0 Å². The lowest BCUT2D eigenvalue weighted by molar-refractivity contribution is 0.0565. The molecule has 0 radical (unpaired) electrons. The number of anilines is 4. The number of amides is 1. The molecule has 3 N–H and O–H groups in total. The van der Waals surface area contributed by atoms with Crippen molar-refractivity contribution in [2.24, 2.45) is 0 Å². The van der Waals surface area contributed by atoms with E-state index in [0.717, 1.165) is 48.7 Å². The van der Waals surface area contributed by atoms with E-state index < -0.39 is 5.60 Å². The number of aromatic nitrogens is 1. The van der Waals surface area contributed by atoms with Gasteiger partial charge in [-0.3, -0.25) is 9.78 Å². The lowest BCUT2D eigenvalue weighted by Crippen LogP contribution is -2.28. The minimum absolute atomic E-state index is 0.305. The van der Waals surface area contributed by atoms with Gasteiger partial charge >= 0.3 is 0 Å². The Morgan fingerprint density at radius 3 is 2.05 bits per heavy atom. The van der Waals surface area contributed by atoms with Gasteiger partial charge in [0.15, 0.2) is 5.88 Å². The van der Waals surface area contributed by atoms with E-state index in [2.05, 4.69) is 87.2 Å². The summed E-state index contributed by atoms with van der Waals surface area (Å²) in [6.07, 6.45) is 3.86. The van der Waals surface area contributed by atoms with Crippen molar-refractivity contribution in [3.05, 3.63) is 103 Å². The van der Waals surface area contributed by atoms with E-state index in [1.807, 2.05) is 65.2 Å². The highest BCUT2D eigenvalue weighted by Crippen LogP contribution is 2.25. The van der Waals surface area contributed by atoms with E-state index in [0.29, 0.717) is 29.5 Å². The summed E-state index contributed by atoms with van der Waals surface area (Å²) in [5.41, 5.74) is 4.31. The van der Waals surface area contributed by atoms with Crippen molar-refractivity contribution in [1.29, 1.82) is 0 Å². The van der Waals surface area contributed by atoms with Gasteiger partial charge < -0.3 is 35.4 Å². The molecule has 9 nitrogen and oxygen atoms in total. The summed E-state index contributed by atoms with van der Waals surface area (Å²) >= 11 is 0. The third-order valence-corrected chi connectivity index (χ3v) is 6.65. The highest BCUT2D eigenvalue weighted by Gasteiger charge is 2.16. The van der Waals surface area contributed by atoms with E-state index in [4.69, 9.17) is 4.74 Å². The second-order valence-electron chi connectivity index (χ2n) is 12.3. The number of nitrogens with zero attached hydrogens (tertiary/aromatic N) is 4. The van der Waals surface area contributed by atoms with Gasteiger partial charge in [0.2, 0.25) is 0 Å². The maximum absolute atomic E-state index is 13.1. The Morgan fingerprint density at radius 1 is 0.841 bits per heavy atom. The van der Waals surface area contributed by atoms with Crippen LogP contribution in [0.2, 0.25) is 0 Å². The number of carbonyl (C=O) groups excluding carboxylic acids is 1. The molecule has 2 aromatic carbocycles. The average molecular weight is 600 g/mol. The number of nitrogens with one attached hydrogen (secondary N) is 3. The minimum Gasteiger partial charge on any atom is -0.474 e. The van der Waals surface area contributed by atoms with Crippen LogP contribution in [0.25, 0.3) is 0 Å². The zero-order valence-corrected chi connectivity index (χ0v) is 27.4. The first-order valence-electron chi connectivity index (χ1n) is 14.9. The molecule has 9 heteroatoms. The molecular formula is C35H49N7O2. The van der Waals surface area contributed by atoms with Gasteiger partial charge in [-0.15, -0.1) is 0 Å². The molecule has 0 saturated carbocycles. The van der Waals surface area contributed by atoms with E-state index in [9.17, 15) is 4.79 Å². The summed E-state index contributed by atoms with van der Waals surface area (Å²) in [5, 5.41) is 9.56. The first kappa shape index (κ1) is 34.0. The van der Waals surface area contributed by atoms with Crippen molar-refractivity contribution >= 4 is 28.7 Å². The number of unbranched alkanes of at least 4 members (excludes halogenated alkanes) is 1. The van der Waals surface area contributed by atoms with Crippen molar-refractivity contribution in [1.82, 2.24) is 14.8 Å². The lowest BCUT2D eigenvalue weighted by atomic mass is 10.2. The van der Waals surface area contributed by atoms with E-state index in [1.165, 1.54) is 0 Å². The second kappa shape index (κ2) is 15.8.